The highest BCUT2D eigenvalue weighted by molar-refractivity contribution is 6.35. The second kappa shape index (κ2) is 7.55. The fourth-order valence-electron chi connectivity index (χ4n) is 1.22. The Hall–Kier alpha value is -1.20. The maximum Gasteiger partial charge on any atom is 0.272 e. The molecule has 0 aliphatic rings. The summed E-state index contributed by atoms with van der Waals surface area (Å²) in [5.74, 6) is 0. The zero-order valence-corrected chi connectivity index (χ0v) is 12.8. The summed E-state index contributed by atoms with van der Waals surface area (Å²) in [5.41, 5.74) is 5.89. The number of nitro groups is 1. The summed E-state index contributed by atoms with van der Waals surface area (Å²) in [5, 5.41) is 11.9. The number of benzene rings is 2. The lowest BCUT2D eigenvalue weighted by Crippen LogP contribution is -1.86. The van der Waals surface area contributed by atoms with Gasteiger partial charge in [-0.05, 0) is 24.3 Å². The number of hydrogen-bond donors (Lipinski definition) is 1. The fourth-order valence-corrected chi connectivity index (χ4v) is 2.28. The molecule has 0 heterocycles. The zero-order chi connectivity index (χ0) is 15.3. The first-order valence-electron chi connectivity index (χ1n) is 5.10. The fraction of sp³-hybridized carbons (Fsp3) is 0. The van der Waals surface area contributed by atoms with Gasteiger partial charge in [-0.25, -0.2) is 0 Å². The van der Waals surface area contributed by atoms with Gasteiger partial charge in [-0.1, -0.05) is 46.4 Å². The van der Waals surface area contributed by atoms with Crippen LogP contribution in [0.3, 0.4) is 0 Å². The Morgan fingerprint density at radius 1 is 0.800 bits per heavy atom. The molecule has 2 aromatic carbocycles. The number of nitro benzene ring substituents is 1. The van der Waals surface area contributed by atoms with Crippen LogP contribution >= 0.6 is 46.4 Å². The van der Waals surface area contributed by atoms with Gasteiger partial charge in [0.2, 0.25) is 0 Å². The Morgan fingerprint density at radius 3 is 1.45 bits per heavy atom. The van der Waals surface area contributed by atoms with E-state index in [9.17, 15) is 10.1 Å². The van der Waals surface area contributed by atoms with E-state index in [0.29, 0.717) is 15.7 Å². The van der Waals surface area contributed by atoms with Crippen molar-refractivity contribution in [2.45, 2.75) is 0 Å². The molecule has 0 bridgehead atoms. The van der Waals surface area contributed by atoms with E-state index in [2.05, 4.69) is 0 Å². The summed E-state index contributed by atoms with van der Waals surface area (Å²) in [6, 6.07) is 8.86. The molecule has 0 amide bonds. The van der Waals surface area contributed by atoms with E-state index in [4.69, 9.17) is 52.1 Å². The van der Waals surface area contributed by atoms with Crippen LogP contribution in [-0.2, 0) is 0 Å². The SMILES string of the molecule is Nc1cc(Cl)cc(Cl)c1.O=[N+]([O-])c1cc(Cl)cc(Cl)c1. The lowest BCUT2D eigenvalue weighted by atomic mass is 10.3. The van der Waals surface area contributed by atoms with Crippen molar-refractivity contribution in [1.82, 2.24) is 0 Å². The molecule has 0 saturated carbocycles. The van der Waals surface area contributed by atoms with Crippen LogP contribution in [0.15, 0.2) is 36.4 Å². The van der Waals surface area contributed by atoms with Gasteiger partial charge in [0, 0.05) is 37.9 Å². The van der Waals surface area contributed by atoms with Gasteiger partial charge in [-0.15, -0.1) is 0 Å². The Balaban J connectivity index is 0.000000204. The second-order valence-corrected chi connectivity index (χ2v) is 5.33. The summed E-state index contributed by atoms with van der Waals surface area (Å²) in [6.07, 6.45) is 0. The number of non-ortho nitro benzene ring substituents is 1. The van der Waals surface area contributed by atoms with Crippen LogP contribution in [-0.4, -0.2) is 4.92 Å². The van der Waals surface area contributed by atoms with E-state index in [0.717, 1.165) is 0 Å². The molecule has 20 heavy (non-hydrogen) atoms. The van der Waals surface area contributed by atoms with Crippen LogP contribution in [0.1, 0.15) is 0 Å². The van der Waals surface area contributed by atoms with E-state index in [1.165, 1.54) is 18.2 Å². The van der Waals surface area contributed by atoms with Gasteiger partial charge in [-0.3, -0.25) is 10.1 Å². The smallest absolute Gasteiger partial charge is 0.272 e. The summed E-state index contributed by atoms with van der Waals surface area (Å²) in [4.78, 5) is 9.65. The van der Waals surface area contributed by atoms with Gasteiger partial charge in [0.15, 0.2) is 0 Å². The van der Waals surface area contributed by atoms with E-state index in [1.54, 1.807) is 18.2 Å². The van der Waals surface area contributed by atoms with E-state index in [-0.39, 0.29) is 15.7 Å². The van der Waals surface area contributed by atoms with Crippen LogP contribution in [0.25, 0.3) is 0 Å². The number of hydrogen-bond acceptors (Lipinski definition) is 3. The topological polar surface area (TPSA) is 69.2 Å². The lowest BCUT2D eigenvalue weighted by molar-refractivity contribution is -0.384. The first-order chi connectivity index (χ1) is 9.27. The molecule has 0 aliphatic heterocycles. The lowest BCUT2D eigenvalue weighted by Gasteiger charge is -1.93. The maximum absolute atomic E-state index is 10.2. The third kappa shape index (κ3) is 5.84. The molecule has 0 spiro atoms. The highest BCUT2D eigenvalue weighted by Gasteiger charge is 2.06. The number of anilines is 1. The third-order valence-electron chi connectivity index (χ3n) is 1.94. The molecule has 0 atom stereocenters. The van der Waals surface area contributed by atoms with E-state index in [1.807, 2.05) is 0 Å². The summed E-state index contributed by atoms with van der Waals surface area (Å²) < 4.78 is 0. The standard InChI is InChI=1S/C6H3Cl2NO2.C6H5Cl2N/c7-4-1-5(8)3-6(2-4)9(10)11;7-4-1-5(8)3-6(9)2-4/h1-3H;1-3H,9H2. The Labute approximate surface area is 135 Å². The predicted octanol–water partition coefficient (Wildman–Crippen LogP) is 5.48. The number of nitrogens with zero attached hydrogens (tertiary/aromatic N) is 1. The molecular weight excluding hydrogens is 346 g/mol. The molecule has 106 valence electrons. The number of rotatable bonds is 1. The molecule has 0 unspecified atom stereocenters. The molecule has 4 nitrogen and oxygen atoms in total. The van der Waals surface area contributed by atoms with Crippen molar-refractivity contribution in [2.24, 2.45) is 0 Å². The largest absolute Gasteiger partial charge is 0.399 e. The number of halogens is 4. The average Bonchev–Trinajstić information content (AvgIpc) is 2.26. The maximum atomic E-state index is 10.2. The van der Waals surface area contributed by atoms with Crippen molar-refractivity contribution in [3.8, 4) is 0 Å². The molecule has 2 N–H and O–H groups in total. The Morgan fingerprint density at radius 2 is 1.15 bits per heavy atom. The Kier molecular flexibility index (Phi) is 6.36. The molecule has 0 aromatic heterocycles. The minimum atomic E-state index is -0.544. The molecule has 8 heteroatoms. The molecule has 0 radical (unpaired) electrons. The third-order valence-corrected chi connectivity index (χ3v) is 2.82. The highest BCUT2D eigenvalue weighted by atomic mass is 35.5. The predicted molar refractivity (Wildman–Crippen MR) is 84.0 cm³/mol. The van der Waals surface area contributed by atoms with Crippen LogP contribution in [0.4, 0.5) is 11.4 Å². The van der Waals surface area contributed by atoms with E-state index >= 15 is 0 Å². The van der Waals surface area contributed by atoms with Gasteiger partial charge in [0.1, 0.15) is 0 Å². The minimum absolute atomic E-state index is 0.0949. The molecule has 2 aromatic rings. The summed E-state index contributed by atoms with van der Waals surface area (Å²) in [6.45, 7) is 0. The number of nitrogens with two attached hydrogens (primary N) is 1. The van der Waals surface area contributed by atoms with Crippen LogP contribution in [0.2, 0.25) is 20.1 Å². The van der Waals surface area contributed by atoms with E-state index < -0.39 is 4.92 Å². The van der Waals surface area contributed by atoms with Crippen molar-refractivity contribution < 1.29 is 4.92 Å². The average molecular weight is 354 g/mol. The van der Waals surface area contributed by atoms with Crippen LogP contribution in [0, 0.1) is 10.1 Å². The van der Waals surface area contributed by atoms with Crippen molar-refractivity contribution in [3.63, 3.8) is 0 Å². The van der Waals surface area contributed by atoms with Gasteiger partial charge < -0.3 is 5.73 Å². The number of nitrogen functional groups attached to an aromatic ring is 1. The molecule has 0 fully saturated rings. The van der Waals surface area contributed by atoms with Crippen molar-refractivity contribution in [1.29, 1.82) is 0 Å². The molecule has 0 aliphatic carbocycles. The Bertz CT molecular complexity index is 564. The van der Waals surface area contributed by atoms with Gasteiger partial charge in [0.05, 0.1) is 4.92 Å². The molecule has 0 saturated heterocycles. The van der Waals surface area contributed by atoms with Crippen molar-refractivity contribution in [3.05, 3.63) is 66.6 Å². The monoisotopic (exact) mass is 352 g/mol. The zero-order valence-electron chi connectivity index (χ0n) is 9.82. The first-order valence-corrected chi connectivity index (χ1v) is 6.61. The highest BCUT2D eigenvalue weighted by Crippen LogP contribution is 2.23. The quantitative estimate of drug-likeness (QED) is 0.419. The second-order valence-electron chi connectivity index (χ2n) is 3.59. The van der Waals surface area contributed by atoms with Crippen LogP contribution in [0.5, 0.6) is 0 Å². The van der Waals surface area contributed by atoms with Crippen LogP contribution < -0.4 is 5.73 Å². The van der Waals surface area contributed by atoms with Crippen molar-refractivity contribution in [2.75, 3.05) is 5.73 Å². The van der Waals surface area contributed by atoms with Gasteiger partial charge in [-0.2, -0.15) is 0 Å². The van der Waals surface area contributed by atoms with Gasteiger partial charge >= 0.3 is 0 Å². The first kappa shape index (κ1) is 16.9. The minimum Gasteiger partial charge on any atom is -0.399 e. The molecule has 2 rings (SSSR count). The summed E-state index contributed by atoms with van der Waals surface area (Å²) >= 11 is 22.2. The van der Waals surface area contributed by atoms with Gasteiger partial charge in [0.25, 0.3) is 5.69 Å². The summed E-state index contributed by atoms with van der Waals surface area (Å²) in [7, 11) is 0. The van der Waals surface area contributed by atoms with Crippen molar-refractivity contribution >= 4 is 57.8 Å². The normalized spacial score (nSPS) is 9.60. The molecular formula is C12H8Cl4N2O2.